The summed E-state index contributed by atoms with van der Waals surface area (Å²) in [6, 6.07) is 7.44. The fourth-order valence-electron chi connectivity index (χ4n) is 1.90. The first-order chi connectivity index (χ1) is 6.71. The van der Waals surface area contributed by atoms with Gasteiger partial charge in [0.2, 0.25) is 0 Å². The highest BCUT2D eigenvalue weighted by molar-refractivity contribution is 6.30. The van der Waals surface area contributed by atoms with Crippen LogP contribution >= 0.6 is 11.6 Å². The van der Waals surface area contributed by atoms with Gasteiger partial charge in [-0.2, -0.15) is 0 Å². The largest absolute Gasteiger partial charge is 0.384 e. The molecule has 1 atom stereocenters. The second-order valence-electron chi connectivity index (χ2n) is 3.82. The topological polar surface area (TPSA) is 32.3 Å². The van der Waals surface area contributed by atoms with E-state index in [-0.39, 0.29) is 0 Å². The number of hydrogen-bond acceptors (Lipinski definition) is 2. The Balaban J connectivity index is 2.23. The van der Waals surface area contributed by atoms with Crippen LogP contribution in [0.25, 0.3) is 0 Å². The summed E-state index contributed by atoms with van der Waals surface area (Å²) in [6.45, 7) is 1.63. The van der Waals surface area contributed by atoms with Gasteiger partial charge in [-0.25, -0.2) is 0 Å². The van der Waals surface area contributed by atoms with E-state index in [0.29, 0.717) is 11.6 Å². The Labute approximate surface area is 88.9 Å². The molecule has 0 aliphatic carbocycles. The third-order valence-electron chi connectivity index (χ3n) is 2.74. The van der Waals surface area contributed by atoms with Gasteiger partial charge in [0.25, 0.3) is 0 Å². The van der Waals surface area contributed by atoms with Crippen molar-refractivity contribution < 1.29 is 5.11 Å². The van der Waals surface area contributed by atoms with Gasteiger partial charge in [-0.3, -0.25) is 0 Å². The molecule has 2 N–H and O–H groups in total. The molecular formula is C11H14ClNO. The van der Waals surface area contributed by atoms with Crippen LogP contribution in [0.15, 0.2) is 24.3 Å². The average Bonchev–Trinajstić information content (AvgIpc) is 2.19. The summed E-state index contributed by atoms with van der Waals surface area (Å²) in [5, 5.41) is 14.2. The summed E-state index contributed by atoms with van der Waals surface area (Å²) in [7, 11) is 0. The third kappa shape index (κ3) is 1.92. The number of nitrogens with one attached hydrogen (secondary N) is 1. The Bertz CT molecular complexity index is 304. The van der Waals surface area contributed by atoms with Crippen LogP contribution < -0.4 is 5.32 Å². The number of piperidine rings is 1. The zero-order valence-corrected chi connectivity index (χ0v) is 8.72. The van der Waals surface area contributed by atoms with Crippen molar-refractivity contribution in [3.8, 4) is 0 Å². The van der Waals surface area contributed by atoms with Crippen LogP contribution in [-0.2, 0) is 5.60 Å². The lowest BCUT2D eigenvalue weighted by Crippen LogP contribution is -2.43. The maximum absolute atomic E-state index is 10.3. The minimum Gasteiger partial charge on any atom is -0.384 e. The summed E-state index contributed by atoms with van der Waals surface area (Å²) < 4.78 is 0. The number of halogens is 1. The standard InChI is InChI=1S/C11H14ClNO/c12-10-4-2-9(3-5-10)11(14)6-1-7-13-8-11/h2-5,13-14H,1,6-8H2/t11-/m0/s1. The van der Waals surface area contributed by atoms with E-state index in [1.807, 2.05) is 24.3 Å². The Morgan fingerprint density at radius 2 is 2.00 bits per heavy atom. The summed E-state index contributed by atoms with van der Waals surface area (Å²) in [6.07, 6.45) is 1.83. The van der Waals surface area contributed by atoms with Crippen LogP contribution in [0.2, 0.25) is 5.02 Å². The minimum absolute atomic E-state index is 0.634. The molecule has 0 saturated carbocycles. The van der Waals surface area contributed by atoms with E-state index in [9.17, 15) is 5.11 Å². The van der Waals surface area contributed by atoms with Crippen LogP contribution in [0.3, 0.4) is 0 Å². The molecule has 0 spiro atoms. The predicted octanol–water partition coefficient (Wildman–Crippen LogP) is 1.91. The zero-order chi connectivity index (χ0) is 10.0. The number of aliphatic hydroxyl groups is 1. The number of β-amino-alcohol motifs (C(OH)–C–C–N with tert-alkyl or cyclic N) is 1. The van der Waals surface area contributed by atoms with Crippen molar-refractivity contribution in [3.63, 3.8) is 0 Å². The van der Waals surface area contributed by atoms with Gasteiger partial charge in [0, 0.05) is 11.6 Å². The molecule has 1 aliphatic rings. The Morgan fingerprint density at radius 1 is 1.29 bits per heavy atom. The van der Waals surface area contributed by atoms with E-state index in [1.165, 1.54) is 0 Å². The molecule has 14 heavy (non-hydrogen) atoms. The van der Waals surface area contributed by atoms with E-state index in [4.69, 9.17) is 11.6 Å². The second-order valence-corrected chi connectivity index (χ2v) is 4.26. The van der Waals surface area contributed by atoms with Gasteiger partial charge in [0.1, 0.15) is 5.60 Å². The fourth-order valence-corrected chi connectivity index (χ4v) is 2.02. The van der Waals surface area contributed by atoms with Gasteiger partial charge in [0.05, 0.1) is 0 Å². The first kappa shape index (κ1) is 9.97. The van der Waals surface area contributed by atoms with E-state index in [2.05, 4.69) is 5.32 Å². The lowest BCUT2D eigenvalue weighted by Gasteiger charge is -2.33. The molecular weight excluding hydrogens is 198 g/mol. The van der Waals surface area contributed by atoms with Crippen molar-refractivity contribution in [3.05, 3.63) is 34.9 Å². The summed E-state index contributed by atoms with van der Waals surface area (Å²) in [5.74, 6) is 0. The lowest BCUT2D eigenvalue weighted by molar-refractivity contribution is 0.0123. The molecule has 1 aromatic carbocycles. The highest BCUT2D eigenvalue weighted by atomic mass is 35.5. The summed E-state index contributed by atoms with van der Waals surface area (Å²) in [5.41, 5.74) is 0.247. The van der Waals surface area contributed by atoms with Crippen LogP contribution in [0.4, 0.5) is 0 Å². The molecule has 1 saturated heterocycles. The summed E-state index contributed by atoms with van der Waals surface area (Å²) >= 11 is 5.80. The molecule has 1 fully saturated rings. The van der Waals surface area contributed by atoms with Gasteiger partial charge in [-0.15, -0.1) is 0 Å². The molecule has 0 radical (unpaired) electrons. The Kier molecular flexibility index (Phi) is 2.77. The molecule has 1 aliphatic heterocycles. The molecule has 2 nitrogen and oxygen atoms in total. The zero-order valence-electron chi connectivity index (χ0n) is 7.96. The van der Waals surface area contributed by atoms with Gasteiger partial charge in [-0.05, 0) is 37.1 Å². The molecule has 1 aromatic rings. The summed E-state index contributed by atoms with van der Waals surface area (Å²) in [4.78, 5) is 0. The van der Waals surface area contributed by atoms with Gasteiger partial charge in [-0.1, -0.05) is 23.7 Å². The van der Waals surface area contributed by atoms with Crippen molar-refractivity contribution in [2.75, 3.05) is 13.1 Å². The van der Waals surface area contributed by atoms with Crippen molar-refractivity contribution in [1.82, 2.24) is 5.32 Å². The van der Waals surface area contributed by atoms with Crippen LogP contribution in [0, 0.1) is 0 Å². The number of rotatable bonds is 1. The lowest BCUT2D eigenvalue weighted by atomic mass is 9.87. The fraction of sp³-hybridized carbons (Fsp3) is 0.455. The Hall–Kier alpha value is -0.570. The number of hydrogen-bond donors (Lipinski definition) is 2. The maximum atomic E-state index is 10.3. The minimum atomic E-state index is -0.706. The van der Waals surface area contributed by atoms with Crippen LogP contribution in [-0.4, -0.2) is 18.2 Å². The monoisotopic (exact) mass is 211 g/mol. The molecule has 1 heterocycles. The molecule has 3 heteroatoms. The van der Waals surface area contributed by atoms with E-state index in [1.54, 1.807) is 0 Å². The van der Waals surface area contributed by atoms with E-state index < -0.39 is 5.60 Å². The predicted molar refractivity (Wildman–Crippen MR) is 57.5 cm³/mol. The molecule has 76 valence electrons. The normalized spacial score (nSPS) is 27.6. The number of benzene rings is 1. The second kappa shape index (κ2) is 3.89. The maximum Gasteiger partial charge on any atom is 0.102 e. The van der Waals surface area contributed by atoms with Gasteiger partial charge < -0.3 is 10.4 Å². The Morgan fingerprint density at radius 3 is 2.57 bits per heavy atom. The molecule has 0 amide bonds. The third-order valence-corrected chi connectivity index (χ3v) is 2.99. The van der Waals surface area contributed by atoms with Crippen molar-refractivity contribution in [2.45, 2.75) is 18.4 Å². The molecule has 0 unspecified atom stereocenters. The molecule has 2 rings (SSSR count). The SMILES string of the molecule is O[C@@]1(c2ccc(Cl)cc2)CCCNC1. The van der Waals surface area contributed by atoms with Crippen LogP contribution in [0.1, 0.15) is 18.4 Å². The van der Waals surface area contributed by atoms with Crippen molar-refractivity contribution in [1.29, 1.82) is 0 Å². The van der Waals surface area contributed by atoms with Gasteiger partial charge in [0.15, 0.2) is 0 Å². The first-order valence-electron chi connectivity index (χ1n) is 4.90. The van der Waals surface area contributed by atoms with E-state index >= 15 is 0 Å². The van der Waals surface area contributed by atoms with E-state index in [0.717, 1.165) is 24.9 Å². The van der Waals surface area contributed by atoms with Crippen LogP contribution in [0.5, 0.6) is 0 Å². The van der Waals surface area contributed by atoms with Gasteiger partial charge >= 0.3 is 0 Å². The van der Waals surface area contributed by atoms with Crippen molar-refractivity contribution >= 4 is 11.6 Å². The quantitative estimate of drug-likeness (QED) is 0.744. The highest BCUT2D eigenvalue weighted by Crippen LogP contribution is 2.28. The highest BCUT2D eigenvalue weighted by Gasteiger charge is 2.30. The average molecular weight is 212 g/mol. The molecule has 0 bridgehead atoms. The first-order valence-corrected chi connectivity index (χ1v) is 5.28. The van der Waals surface area contributed by atoms with Crippen molar-refractivity contribution in [2.24, 2.45) is 0 Å². The smallest absolute Gasteiger partial charge is 0.102 e. The molecule has 0 aromatic heterocycles.